The SMILES string of the molecule is Cc1ccc(N2C(=O)CSC(=[NH+]c3ccccc3)C=C2c2ccccc2)cc1.[Cl-]. The lowest BCUT2D eigenvalue weighted by molar-refractivity contribution is -0.348. The number of amides is 1. The van der Waals surface area contributed by atoms with Crippen molar-refractivity contribution in [3.05, 3.63) is 102 Å². The van der Waals surface area contributed by atoms with Crippen molar-refractivity contribution in [2.24, 2.45) is 0 Å². The smallest absolute Gasteiger partial charge is 0.242 e. The molecule has 0 aliphatic carbocycles. The number of rotatable bonds is 3. The largest absolute Gasteiger partial charge is 1.00 e. The minimum absolute atomic E-state index is 0. The fourth-order valence-corrected chi connectivity index (χ4v) is 3.90. The maximum atomic E-state index is 13.1. The Hall–Kier alpha value is -2.82. The molecule has 5 heteroatoms. The van der Waals surface area contributed by atoms with Crippen LogP contribution in [-0.4, -0.2) is 16.7 Å². The summed E-state index contributed by atoms with van der Waals surface area (Å²) in [4.78, 5) is 18.4. The summed E-state index contributed by atoms with van der Waals surface area (Å²) in [6.45, 7) is 2.05. The third kappa shape index (κ3) is 4.97. The van der Waals surface area contributed by atoms with E-state index in [1.807, 2.05) is 96.8 Å². The van der Waals surface area contributed by atoms with Crippen molar-refractivity contribution in [1.82, 2.24) is 0 Å². The van der Waals surface area contributed by atoms with Crippen LogP contribution < -0.4 is 22.3 Å². The van der Waals surface area contributed by atoms with Gasteiger partial charge in [-0.1, -0.05) is 66.2 Å². The van der Waals surface area contributed by atoms with Crippen LogP contribution in [0.3, 0.4) is 0 Å². The normalized spacial score (nSPS) is 15.5. The Bertz CT molecular complexity index is 1030. The number of carbonyl (C=O) groups is 1. The molecule has 0 saturated carbocycles. The van der Waals surface area contributed by atoms with Gasteiger partial charge in [-0.15, -0.1) is 0 Å². The maximum Gasteiger partial charge on any atom is 0.242 e. The van der Waals surface area contributed by atoms with Gasteiger partial charge in [-0.2, -0.15) is 4.99 Å². The summed E-state index contributed by atoms with van der Waals surface area (Å²) in [5.41, 5.74) is 4.94. The van der Waals surface area contributed by atoms with Gasteiger partial charge in [0.25, 0.3) is 0 Å². The Morgan fingerprint density at radius 3 is 2.14 bits per heavy atom. The van der Waals surface area contributed by atoms with Crippen molar-refractivity contribution in [1.29, 1.82) is 0 Å². The second-order valence-electron chi connectivity index (χ2n) is 6.60. The molecule has 1 aliphatic heterocycles. The second-order valence-corrected chi connectivity index (χ2v) is 7.62. The number of halogens is 1. The van der Waals surface area contributed by atoms with E-state index in [9.17, 15) is 4.79 Å². The molecule has 3 aromatic carbocycles. The Kier molecular flexibility index (Phi) is 6.91. The molecule has 0 bridgehead atoms. The van der Waals surface area contributed by atoms with E-state index < -0.39 is 0 Å². The van der Waals surface area contributed by atoms with Crippen LogP contribution in [0.2, 0.25) is 0 Å². The molecule has 4 rings (SSSR count). The number of nitrogens with zero attached hydrogens (tertiary/aromatic N) is 1. The predicted octanol–water partition coefficient (Wildman–Crippen LogP) is 0.931. The molecule has 1 N–H and O–H groups in total. The number of hydrogen-bond acceptors (Lipinski definition) is 2. The number of hydrogen-bond donors (Lipinski definition) is 1. The Morgan fingerprint density at radius 1 is 0.862 bits per heavy atom. The van der Waals surface area contributed by atoms with Gasteiger partial charge in [0.15, 0.2) is 0 Å². The van der Waals surface area contributed by atoms with E-state index in [4.69, 9.17) is 0 Å². The molecule has 3 nitrogen and oxygen atoms in total. The zero-order chi connectivity index (χ0) is 19.3. The number of benzene rings is 3. The summed E-state index contributed by atoms with van der Waals surface area (Å²) >= 11 is 1.52. The molecule has 1 amide bonds. The highest BCUT2D eigenvalue weighted by Crippen LogP contribution is 2.30. The van der Waals surface area contributed by atoms with Gasteiger partial charge in [-0.25, -0.2) is 0 Å². The molecule has 1 aliphatic rings. The number of thioether (sulfide) groups is 1. The first-order chi connectivity index (χ1) is 13.7. The van der Waals surface area contributed by atoms with Crippen LogP contribution >= 0.6 is 11.8 Å². The zero-order valence-electron chi connectivity index (χ0n) is 16.0. The molecular formula is C24H21ClN2OS. The summed E-state index contributed by atoms with van der Waals surface area (Å²) in [6.07, 6.45) is 2.07. The average Bonchev–Trinajstić information content (AvgIpc) is 2.89. The van der Waals surface area contributed by atoms with Crippen LogP contribution in [0.4, 0.5) is 11.4 Å². The molecule has 0 saturated heterocycles. The van der Waals surface area contributed by atoms with Gasteiger partial charge in [0.1, 0.15) is 0 Å². The first-order valence-electron chi connectivity index (χ1n) is 9.19. The summed E-state index contributed by atoms with van der Waals surface area (Å²) in [6, 6.07) is 28.2. The minimum Gasteiger partial charge on any atom is -1.00 e. The minimum atomic E-state index is 0. The van der Waals surface area contributed by atoms with Gasteiger partial charge in [0.2, 0.25) is 16.6 Å². The first kappa shape index (κ1) is 20.9. The summed E-state index contributed by atoms with van der Waals surface area (Å²) in [5.74, 6) is 0.435. The highest BCUT2D eigenvalue weighted by molar-refractivity contribution is 8.14. The Labute approximate surface area is 181 Å². The molecule has 146 valence electrons. The van der Waals surface area contributed by atoms with Crippen molar-refractivity contribution >= 4 is 39.8 Å². The molecule has 3 aromatic rings. The molecule has 0 fully saturated rings. The predicted molar refractivity (Wildman–Crippen MR) is 118 cm³/mol. The van der Waals surface area contributed by atoms with Crippen molar-refractivity contribution in [2.45, 2.75) is 6.92 Å². The lowest BCUT2D eigenvalue weighted by Crippen LogP contribution is -3.00. The van der Waals surface area contributed by atoms with Gasteiger partial charge in [-0.3, -0.25) is 9.69 Å². The van der Waals surface area contributed by atoms with Crippen molar-refractivity contribution in [3.8, 4) is 0 Å². The van der Waals surface area contributed by atoms with Gasteiger partial charge < -0.3 is 12.4 Å². The number of aryl methyl sites for hydroxylation is 1. The van der Waals surface area contributed by atoms with Crippen LogP contribution in [0.15, 0.2) is 91.0 Å². The van der Waals surface area contributed by atoms with E-state index >= 15 is 0 Å². The fraction of sp³-hybridized carbons (Fsp3) is 0.0833. The molecule has 1 heterocycles. The monoisotopic (exact) mass is 420 g/mol. The van der Waals surface area contributed by atoms with Gasteiger partial charge in [0.05, 0.1) is 11.4 Å². The van der Waals surface area contributed by atoms with E-state index in [0.29, 0.717) is 5.75 Å². The fourth-order valence-electron chi connectivity index (χ4n) is 3.10. The molecule has 0 unspecified atom stereocenters. The van der Waals surface area contributed by atoms with Crippen LogP contribution in [0.1, 0.15) is 11.1 Å². The van der Waals surface area contributed by atoms with E-state index in [1.54, 1.807) is 0 Å². The standard InChI is InChI=1S/C24H20N2OS.ClH/c1-18-12-14-21(15-13-18)26-22(19-8-4-2-5-9-19)16-23(28-17-24(26)27)25-20-10-6-3-7-11-20;/h2-16H,17H2,1H3;1H. The Morgan fingerprint density at radius 2 is 1.48 bits per heavy atom. The van der Waals surface area contributed by atoms with E-state index in [2.05, 4.69) is 11.1 Å². The molecule has 29 heavy (non-hydrogen) atoms. The van der Waals surface area contributed by atoms with Gasteiger partial charge in [0, 0.05) is 23.9 Å². The van der Waals surface area contributed by atoms with Gasteiger partial charge >= 0.3 is 0 Å². The van der Waals surface area contributed by atoms with E-state index in [-0.39, 0.29) is 18.3 Å². The van der Waals surface area contributed by atoms with Crippen LogP contribution in [0.5, 0.6) is 0 Å². The number of carbonyl (C=O) groups excluding carboxylic acids is 1. The topological polar surface area (TPSA) is 34.3 Å². The highest BCUT2D eigenvalue weighted by Gasteiger charge is 2.27. The number of para-hydroxylation sites is 1. The third-order valence-corrected chi connectivity index (χ3v) is 5.43. The van der Waals surface area contributed by atoms with Crippen LogP contribution in [0.25, 0.3) is 5.70 Å². The van der Waals surface area contributed by atoms with Crippen LogP contribution in [0, 0.1) is 6.92 Å². The zero-order valence-corrected chi connectivity index (χ0v) is 17.6. The molecule has 0 atom stereocenters. The molecular weight excluding hydrogens is 400 g/mol. The van der Waals surface area contributed by atoms with Crippen molar-refractivity contribution < 1.29 is 22.2 Å². The summed E-state index contributed by atoms with van der Waals surface area (Å²) in [7, 11) is 0. The van der Waals surface area contributed by atoms with Crippen molar-refractivity contribution in [2.75, 3.05) is 10.7 Å². The second kappa shape index (κ2) is 9.59. The number of anilines is 1. The average molecular weight is 421 g/mol. The lowest BCUT2D eigenvalue weighted by Gasteiger charge is -2.24. The van der Waals surface area contributed by atoms with Gasteiger partial charge in [-0.05, 0) is 36.4 Å². The van der Waals surface area contributed by atoms with Crippen LogP contribution in [-0.2, 0) is 4.79 Å². The summed E-state index contributed by atoms with van der Waals surface area (Å²) < 4.78 is 0. The van der Waals surface area contributed by atoms with E-state index in [1.165, 1.54) is 17.3 Å². The quantitative estimate of drug-likeness (QED) is 0.684. The molecule has 0 radical (unpaired) electrons. The number of nitrogens with one attached hydrogen (secondary N) is 1. The lowest BCUT2D eigenvalue weighted by atomic mass is 10.1. The molecule has 0 aromatic heterocycles. The maximum absolute atomic E-state index is 13.1. The highest BCUT2D eigenvalue weighted by atomic mass is 35.5. The molecule has 0 spiro atoms. The van der Waals surface area contributed by atoms with Crippen molar-refractivity contribution in [3.63, 3.8) is 0 Å². The van der Waals surface area contributed by atoms with E-state index in [0.717, 1.165) is 27.7 Å². The Balaban J connectivity index is 0.00000240. The summed E-state index contributed by atoms with van der Waals surface area (Å²) in [5, 5.41) is 0.952. The first-order valence-corrected chi connectivity index (χ1v) is 10.2. The third-order valence-electron chi connectivity index (χ3n) is 4.51.